The minimum atomic E-state index is 0.199. The third-order valence-electron chi connectivity index (χ3n) is 4.26. The van der Waals surface area contributed by atoms with Gasteiger partial charge in [0.15, 0.2) is 0 Å². The Labute approximate surface area is 116 Å². The summed E-state index contributed by atoms with van der Waals surface area (Å²) in [5.74, 6) is 0.783. The Bertz CT molecular complexity index is 271. The zero-order valence-electron chi connectivity index (χ0n) is 12.1. The van der Waals surface area contributed by atoms with E-state index in [9.17, 15) is 4.79 Å². The normalized spacial score (nSPS) is 29.4. The highest BCUT2D eigenvalue weighted by atomic mass is 16.5. The molecule has 19 heavy (non-hydrogen) atoms. The van der Waals surface area contributed by atoms with Crippen molar-refractivity contribution in [3.8, 4) is 0 Å². The van der Waals surface area contributed by atoms with E-state index in [0.717, 1.165) is 19.4 Å². The molecule has 2 heterocycles. The van der Waals surface area contributed by atoms with E-state index in [2.05, 4.69) is 17.6 Å². The zero-order valence-corrected chi connectivity index (χ0v) is 12.1. The maximum absolute atomic E-state index is 11.8. The lowest BCUT2D eigenvalue weighted by atomic mass is 9.89. The third-order valence-corrected chi connectivity index (χ3v) is 4.26. The summed E-state index contributed by atoms with van der Waals surface area (Å²) < 4.78 is 5.43. The number of carbonyl (C=O) groups excluding carboxylic acids is 1. The van der Waals surface area contributed by atoms with Crippen LogP contribution in [0.25, 0.3) is 0 Å². The van der Waals surface area contributed by atoms with Gasteiger partial charge in [-0.1, -0.05) is 13.3 Å². The smallest absolute Gasteiger partial charge is 0.220 e. The first-order valence-corrected chi connectivity index (χ1v) is 7.88. The van der Waals surface area contributed by atoms with Crippen LogP contribution in [0.15, 0.2) is 0 Å². The van der Waals surface area contributed by atoms with E-state index >= 15 is 0 Å². The van der Waals surface area contributed by atoms with Crippen LogP contribution in [0.5, 0.6) is 0 Å². The van der Waals surface area contributed by atoms with Gasteiger partial charge in [0.1, 0.15) is 0 Å². The zero-order chi connectivity index (χ0) is 13.5. The highest BCUT2D eigenvalue weighted by molar-refractivity contribution is 5.76. The van der Waals surface area contributed by atoms with Crippen molar-refractivity contribution < 1.29 is 9.53 Å². The number of piperidine rings is 1. The molecule has 2 atom stereocenters. The Balaban J connectivity index is 1.52. The number of hydrogen-bond donors (Lipinski definition) is 2. The van der Waals surface area contributed by atoms with Gasteiger partial charge in [-0.2, -0.15) is 0 Å². The second-order valence-corrected chi connectivity index (χ2v) is 6.00. The van der Waals surface area contributed by atoms with Gasteiger partial charge in [-0.15, -0.1) is 0 Å². The molecule has 4 nitrogen and oxygen atoms in total. The van der Waals surface area contributed by atoms with Crippen LogP contribution in [-0.4, -0.2) is 37.7 Å². The van der Waals surface area contributed by atoms with Crippen LogP contribution in [0.3, 0.4) is 0 Å². The summed E-state index contributed by atoms with van der Waals surface area (Å²) in [6.07, 6.45) is 7.91. The highest BCUT2D eigenvalue weighted by Gasteiger charge is 2.33. The molecule has 2 aliphatic heterocycles. The first kappa shape index (κ1) is 14.8. The van der Waals surface area contributed by atoms with Gasteiger partial charge in [0.2, 0.25) is 5.91 Å². The van der Waals surface area contributed by atoms with E-state index in [0.29, 0.717) is 37.6 Å². The van der Waals surface area contributed by atoms with E-state index in [1.807, 2.05) is 0 Å². The predicted octanol–water partition coefficient (Wildman–Crippen LogP) is 1.84. The molecule has 1 amide bonds. The standard InChI is InChI=1S/C15H28N2O2/c1-2-3-7-19-8-6-16-15(18)11-12-9-13-4-5-14(10-12)17-13/h12-14,17H,2-11H2,1H3,(H,16,18). The molecule has 2 saturated heterocycles. The van der Waals surface area contributed by atoms with Crippen LogP contribution in [0, 0.1) is 5.92 Å². The number of unbranched alkanes of at least 4 members (excludes halogenated alkanes) is 1. The molecule has 2 fully saturated rings. The minimum absolute atomic E-state index is 0.199. The Hall–Kier alpha value is -0.610. The molecule has 4 heteroatoms. The van der Waals surface area contributed by atoms with Crippen LogP contribution in [0.1, 0.15) is 51.9 Å². The molecule has 0 aromatic heterocycles. The molecule has 0 aromatic carbocycles. The van der Waals surface area contributed by atoms with Crippen molar-refractivity contribution in [3.63, 3.8) is 0 Å². The van der Waals surface area contributed by atoms with Gasteiger partial charge in [0, 0.05) is 31.7 Å². The van der Waals surface area contributed by atoms with E-state index in [1.165, 1.54) is 25.7 Å². The molecule has 0 saturated carbocycles. The van der Waals surface area contributed by atoms with Crippen molar-refractivity contribution in [1.82, 2.24) is 10.6 Å². The fourth-order valence-corrected chi connectivity index (χ4v) is 3.29. The van der Waals surface area contributed by atoms with E-state index in [4.69, 9.17) is 4.74 Å². The van der Waals surface area contributed by atoms with Crippen molar-refractivity contribution in [2.75, 3.05) is 19.8 Å². The Morgan fingerprint density at radius 2 is 2.00 bits per heavy atom. The average molecular weight is 268 g/mol. The molecule has 2 aliphatic rings. The molecule has 0 spiro atoms. The first-order valence-electron chi connectivity index (χ1n) is 7.88. The molecule has 110 valence electrons. The SMILES string of the molecule is CCCCOCCNC(=O)CC1CC2CCC(C1)N2. The average Bonchev–Trinajstić information content (AvgIpc) is 2.73. The van der Waals surface area contributed by atoms with Crippen LogP contribution >= 0.6 is 0 Å². The topological polar surface area (TPSA) is 50.4 Å². The van der Waals surface area contributed by atoms with Gasteiger partial charge < -0.3 is 15.4 Å². The maximum Gasteiger partial charge on any atom is 0.220 e. The second kappa shape index (κ2) is 7.85. The number of hydrogen-bond acceptors (Lipinski definition) is 3. The van der Waals surface area contributed by atoms with Crippen LogP contribution in [0.2, 0.25) is 0 Å². The lowest BCUT2D eigenvalue weighted by Gasteiger charge is -2.28. The van der Waals surface area contributed by atoms with Crippen molar-refractivity contribution in [2.45, 2.75) is 64.0 Å². The van der Waals surface area contributed by atoms with E-state index in [1.54, 1.807) is 0 Å². The number of amides is 1. The van der Waals surface area contributed by atoms with Crippen LogP contribution in [0.4, 0.5) is 0 Å². The lowest BCUT2D eigenvalue weighted by molar-refractivity contribution is -0.122. The minimum Gasteiger partial charge on any atom is -0.380 e. The van der Waals surface area contributed by atoms with Crippen molar-refractivity contribution >= 4 is 5.91 Å². The third kappa shape index (κ3) is 5.11. The van der Waals surface area contributed by atoms with Gasteiger partial charge in [0.05, 0.1) is 6.61 Å². The fraction of sp³-hybridized carbons (Fsp3) is 0.933. The second-order valence-electron chi connectivity index (χ2n) is 6.00. The summed E-state index contributed by atoms with van der Waals surface area (Å²) in [6.45, 7) is 4.25. The van der Waals surface area contributed by atoms with Crippen LogP contribution in [-0.2, 0) is 9.53 Å². The van der Waals surface area contributed by atoms with Gasteiger partial charge in [0.25, 0.3) is 0 Å². The first-order chi connectivity index (χ1) is 9.28. The molecular weight excluding hydrogens is 240 g/mol. The van der Waals surface area contributed by atoms with Crippen molar-refractivity contribution in [2.24, 2.45) is 5.92 Å². The Morgan fingerprint density at radius 1 is 1.26 bits per heavy atom. The van der Waals surface area contributed by atoms with Gasteiger partial charge in [-0.25, -0.2) is 0 Å². The molecule has 2 N–H and O–H groups in total. The predicted molar refractivity (Wildman–Crippen MR) is 76.0 cm³/mol. The molecule has 2 rings (SSSR count). The maximum atomic E-state index is 11.8. The number of rotatable bonds is 8. The quantitative estimate of drug-likeness (QED) is 0.660. The number of fused-ring (bicyclic) bond motifs is 2. The van der Waals surface area contributed by atoms with E-state index < -0.39 is 0 Å². The van der Waals surface area contributed by atoms with Crippen molar-refractivity contribution in [1.29, 1.82) is 0 Å². The summed E-state index contributed by atoms with van der Waals surface area (Å²) in [7, 11) is 0. The number of nitrogens with one attached hydrogen (secondary N) is 2. The molecule has 2 unspecified atom stereocenters. The summed E-state index contributed by atoms with van der Waals surface area (Å²) in [5.41, 5.74) is 0. The van der Waals surface area contributed by atoms with Gasteiger partial charge in [-0.05, 0) is 38.0 Å². The Morgan fingerprint density at radius 3 is 2.68 bits per heavy atom. The lowest BCUT2D eigenvalue weighted by Crippen LogP contribution is -2.40. The van der Waals surface area contributed by atoms with Gasteiger partial charge >= 0.3 is 0 Å². The summed E-state index contributed by atoms with van der Waals surface area (Å²) in [5, 5.41) is 6.59. The fourth-order valence-electron chi connectivity index (χ4n) is 3.29. The number of ether oxygens (including phenoxy) is 1. The molecule has 2 bridgehead atoms. The molecule has 0 radical (unpaired) electrons. The number of carbonyl (C=O) groups is 1. The van der Waals surface area contributed by atoms with Crippen LogP contribution < -0.4 is 10.6 Å². The Kier molecular flexibility index (Phi) is 6.11. The van der Waals surface area contributed by atoms with E-state index in [-0.39, 0.29) is 5.91 Å². The van der Waals surface area contributed by atoms with Crippen molar-refractivity contribution in [3.05, 3.63) is 0 Å². The molecular formula is C15H28N2O2. The molecule has 0 aromatic rings. The summed E-state index contributed by atoms with van der Waals surface area (Å²) >= 11 is 0. The van der Waals surface area contributed by atoms with Gasteiger partial charge in [-0.3, -0.25) is 4.79 Å². The highest BCUT2D eigenvalue weighted by Crippen LogP contribution is 2.32. The summed E-state index contributed by atoms with van der Waals surface area (Å²) in [4.78, 5) is 11.8. The monoisotopic (exact) mass is 268 g/mol. The molecule has 0 aliphatic carbocycles. The largest absolute Gasteiger partial charge is 0.380 e. The summed E-state index contributed by atoms with van der Waals surface area (Å²) in [6, 6.07) is 1.35.